The van der Waals surface area contributed by atoms with Crippen LogP contribution in [0.5, 0.6) is 0 Å². The van der Waals surface area contributed by atoms with Crippen molar-refractivity contribution in [1.82, 2.24) is 4.98 Å². The van der Waals surface area contributed by atoms with Gasteiger partial charge in [0, 0.05) is 6.42 Å². The molecule has 0 spiro atoms. The van der Waals surface area contributed by atoms with E-state index in [4.69, 9.17) is 5.11 Å². The molecule has 20 heavy (non-hydrogen) atoms. The van der Waals surface area contributed by atoms with E-state index in [0.717, 1.165) is 21.6 Å². The van der Waals surface area contributed by atoms with Crippen LogP contribution in [0.25, 0.3) is 10.2 Å². The minimum atomic E-state index is -0.902. The van der Waals surface area contributed by atoms with E-state index in [-0.39, 0.29) is 0 Å². The highest BCUT2D eigenvalue weighted by Gasteiger charge is 2.08. The minimum absolute atomic E-state index is 0.309. The number of hydrogen-bond donors (Lipinski definition) is 1. The molecule has 0 fully saturated rings. The van der Waals surface area contributed by atoms with Gasteiger partial charge in [0.05, 0.1) is 20.8 Å². The average molecular weight is 283 g/mol. The third kappa shape index (κ3) is 2.56. The number of fused-ring (bicyclic) bond motifs is 1. The third-order valence-corrected chi connectivity index (χ3v) is 4.14. The lowest BCUT2D eigenvalue weighted by Crippen LogP contribution is -1.94. The highest BCUT2D eigenvalue weighted by atomic mass is 32.1. The molecule has 0 saturated carbocycles. The van der Waals surface area contributed by atoms with E-state index in [1.807, 2.05) is 6.07 Å². The Hall–Kier alpha value is -2.20. The molecule has 0 saturated heterocycles. The van der Waals surface area contributed by atoms with E-state index in [1.54, 1.807) is 29.5 Å². The van der Waals surface area contributed by atoms with Crippen molar-refractivity contribution < 1.29 is 9.90 Å². The predicted octanol–water partition coefficient (Wildman–Crippen LogP) is 3.89. The molecule has 2 aromatic carbocycles. The van der Waals surface area contributed by atoms with Gasteiger partial charge in [-0.15, -0.1) is 11.3 Å². The van der Waals surface area contributed by atoms with Crippen LogP contribution < -0.4 is 0 Å². The Morgan fingerprint density at radius 2 is 2.10 bits per heavy atom. The second-order valence-corrected chi connectivity index (χ2v) is 5.88. The van der Waals surface area contributed by atoms with Gasteiger partial charge >= 0.3 is 5.97 Å². The van der Waals surface area contributed by atoms with Crippen LogP contribution in [-0.4, -0.2) is 16.1 Å². The highest BCUT2D eigenvalue weighted by molar-refractivity contribution is 7.18. The Bertz CT molecular complexity index is 792. The largest absolute Gasteiger partial charge is 0.478 e. The van der Waals surface area contributed by atoms with Crippen molar-refractivity contribution in [3.05, 3.63) is 64.2 Å². The fourth-order valence-corrected chi connectivity index (χ4v) is 3.22. The monoisotopic (exact) mass is 283 g/mol. The zero-order valence-corrected chi connectivity index (χ0v) is 11.8. The van der Waals surface area contributed by atoms with Gasteiger partial charge < -0.3 is 5.11 Å². The zero-order valence-electron chi connectivity index (χ0n) is 11.0. The number of carbonyl (C=O) groups is 1. The van der Waals surface area contributed by atoms with Gasteiger partial charge in [0.2, 0.25) is 0 Å². The second kappa shape index (κ2) is 5.06. The molecule has 3 aromatic rings. The first-order valence-corrected chi connectivity index (χ1v) is 7.12. The van der Waals surface area contributed by atoms with Crippen molar-refractivity contribution in [2.24, 2.45) is 0 Å². The summed E-state index contributed by atoms with van der Waals surface area (Å²) in [7, 11) is 0. The molecule has 0 atom stereocenters. The number of nitrogens with zero attached hydrogens (tertiary/aromatic N) is 1. The van der Waals surface area contributed by atoms with Crippen molar-refractivity contribution in [2.75, 3.05) is 0 Å². The van der Waals surface area contributed by atoms with Crippen molar-refractivity contribution in [1.29, 1.82) is 0 Å². The fraction of sp³-hybridized carbons (Fsp3) is 0.125. The van der Waals surface area contributed by atoms with E-state index in [1.165, 1.54) is 11.1 Å². The molecule has 0 aliphatic rings. The van der Waals surface area contributed by atoms with Gasteiger partial charge in [-0.3, -0.25) is 0 Å². The Kier molecular flexibility index (Phi) is 3.24. The van der Waals surface area contributed by atoms with Crippen LogP contribution in [-0.2, 0) is 6.42 Å². The summed E-state index contributed by atoms with van der Waals surface area (Å²) < 4.78 is 0.924. The fourth-order valence-electron chi connectivity index (χ4n) is 2.18. The number of carboxylic acid groups (broad SMARTS) is 1. The number of thiazole rings is 1. The minimum Gasteiger partial charge on any atom is -0.478 e. The van der Waals surface area contributed by atoms with E-state index in [0.29, 0.717) is 5.56 Å². The first-order chi connectivity index (χ1) is 9.61. The summed E-state index contributed by atoms with van der Waals surface area (Å²) in [4.78, 5) is 15.5. The maximum Gasteiger partial charge on any atom is 0.335 e. The quantitative estimate of drug-likeness (QED) is 0.793. The predicted molar refractivity (Wildman–Crippen MR) is 80.6 cm³/mol. The van der Waals surface area contributed by atoms with E-state index in [9.17, 15) is 4.79 Å². The average Bonchev–Trinajstić information content (AvgIpc) is 2.79. The highest BCUT2D eigenvalue weighted by Crippen LogP contribution is 2.25. The molecule has 3 nitrogen and oxygen atoms in total. The zero-order chi connectivity index (χ0) is 14.1. The SMILES string of the molecule is Cc1cccc(Cc2nc3ccc(C(=O)O)cc3s2)c1. The van der Waals surface area contributed by atoms with Crippen molar-refractivity contribution in [3.8, 4) is 0 Å². The maximum absolute atomic E-state index is 11.0. The van der Waals surface area contributed by atoms with Gasteiger partial charge in [-0.2, -0.15) is 0 Å². The summed E-state index contributed by atoms with van der Waals surface area (Å²) in [5.41, 5.74) is 3.63. The summed E-state index contributed by atoms with van der Waals surface area (Å²) >= 11 is 1.56. The topological polar surface area (TPSA) is 50.2 Å². The Balaban J connectivity index is 1.95. The van der Waals surface area contributed by atoms with Gasteiger partial charge in [0.15, 0.2) is 0 Å². The number of benzene rings is 2. The molecule has 4 heteroatoms. The molecular weight excluding hydrogens is 270 g/mol. The number of aryl methyl sites for hydroxylation is 1. The van der Waals surface area contributed by atoms with Crippen molar-refractivity contribution >= 4 is 27.5 Å². The number of aromatic carboxylic acids is 1. The number of carboxylic acids is 1. The van der Waals surface area contributed by atoms with Crippen LogP contribution in [0.4, 0.5) is 0 Å². The van der Waals surface area contributed by atoms with E-state index >= 15 is 0 Å². The molecule has 100 valence electrons. The maximum atomic E-state index is 11.0. The van der Waals surface area contributed by atoms with Gasteiger partial charge in [0.1, 0.15) is 0 Å². The molecule has 0 amide bonds. The van der Waals surface area contributed by atoms with Gasteiger partial charge in [0.25, 0.3) is 0 Å². The van der Waals surface area contributed by atoms with Gasteiger partial charge in [-0.25, -0.2) is 9.78 Å². The third-order valence-electron chi connectivity index (χ3n) is 3.12. The molecule has 0 bridgehead atoms. The molecule has 1 heterocycles. The molecule has 1 N–H and O–H groups in total. The smallest absolute Gasteiger partial charge is 0.335 e. The number of hydrogen-bond acceptors (Lipinski definition) is 3. The Morgan fingerprint density at radius 1 is 1.25 bits per heavy atom. The van der Waals surface area contributed by atoms with Gasteiger partial charge in [-0.1, -0.05) is 29.8 Å². The molecule has 1 aromatic heterocycles. The van der Waals surface area contributed by atoms with Crippen LogP contribution in [0.2, 0.25) is 0 Å². The summed E-state index contributed by atoms with van der Waals surface area (Å²) in [6.07, 6.45) is 0.781. The number of aromatic nitrogens is 1. The van der Waals surface area contributed by atoms with Crippen LogP contribution in [0.3, 0.4) is 0 Å². The second-order valence-electron chi connectivity index (χ2n) is 4.76. The lowest BCUT2D eigenvalue weighted by atomic mass is 10.1. The Morgan fingerprint density at radius 3 is 2.85 bits per heavy atom. The van der Waals surface area contributed by atoms with Crippen molar-refractivity contribution in [3.63, 3.8) is 0 Å². The van der Waals surface area contributed by atoms with Crippen LogP contribution in [0, 0.1) is 6.92 Å². The van der Waals surface area contributed by atoms with E-state index in [2.05, 4.69) is 30.1 Å². The standard InChI is InChI=1S/C16H13NO2S/c1-10-3-2-4-11(7-10)8-15-17-13-6-5-12(16(18)19)9-14(13)20-15/h2-7,9H,8H2,1H3,(H,18,19). The molecular formula is C16H13NO2S. The summed E-state index contributed by atoms with van der Waals surface area (Å²) in [5, 5.41) is 10.0. The normalized spacial score (nSPS) is 10.8. The first kappa shape index (κ1) is 12.8. The van der Waals surface area contributed by atoms with Crippen molar-refractivity contribution in [2.45, 2.75) is 13.3 Å². The molecule has 0 aliphatic carbocycles. The summed E-state index contributed by atoms with van der Waals surface area (Å²) in [5.74, 6) is -0.902. The van der Waals surface area contributed by atoms with Crippen LogP contribution in [0.1, 0.15) is 26.5 Å². The molecule has 3 rings (SSSR count). The molecule has 0 unspecified atom stereocenters. The summed E-state index contributed by atoms with van der Waals surface area (Å²) in [6, 6.07) is 13.4. The molecule has 0 aliphatic heterocycles. The van der Waals surface area contributed by atoms with Crippen LogP contribution in [0.15, 0.2) is 42.5 Å². The number of rotatable bonds is 3. The summed E-state index contributed by atoms with van der Waals surface area (Å²) in [6.45, 7) is 2.07. The molecule has 0 radical (unpaired) electrons. The van der Waals surface area contributed by atoms with Gasteiger partial charge in [-0.05, 0) is 30.7 Å². The lowest BCUT2D eigenvalue weighted by molar-refractivity contribution is 0.0697. The Labute approximate surface area is 120 Å². The van der Waals surface area contributed by atoms with E-state index < -0.39 is 5.97 Å². The lowest BCUT2D eigenvalue weighted by Gasteiger charge is -1.98. The van der Waals surface area contributed by atoms with Crippen LogP contribution >= 0.6 is 11.3 Å². The first-order valence-electron chi connectivity index (χ1n) is 6.30.